The lowest BCUT2D eigenvalue weighted by Crippen LogP contribution is -2.34. The maximum Gasteiger partial charge on any atom is 0.251 e. The number of benzene rings is 2. The highest BCUT2D eigenvalue weighted by Gasteiger charge is 2.21. The molecule has 164 valence electrons. The van der Waals surface area contributed by atoms with Crippen molar-refractivity contribution in [1.29, 1.82) is 0 Å². The van der Waals surface area contributed by atoms with Gasteiger partial charge in [-0.1, -0.05) is 29.8 Å². The second kappa shape index (κ2) is 11.7. The fourth-order valence-electron chi connectivity index (χ4n) is 3.13. The Morgan fingerprint density at radius 1 is 1.00 bits per heavy atom. The number of hydrogen-bond acceptors (Lipinski definition) is 5. The SMILES string of the molecule is CCOc1cc(C(=O)NCC(c2ccccc2Cl)N(C)C)cc(OCC)c1OCC. The number of carbonyl (C=O) groups excluding carboxylic acids is 1. The van der Waals surface area contributed by atoms with Gasteiger partial charge in [-0.2, -0.15) is 0 Å². The second-order valence-electron chi connectivity index (χ2n) is 6.81. The molecule has 7 heteroatoms. The molecule has 0 heterocycles. The Balaban J connectivity index is 2.27. The zero-order chi connectivity index (χ0) is 22.1. The summed E-state index contributed by atoms with van der Waals surface area (Å²) in [5, 5.41) is 3.68. The highest BCUT2D eigenvalue weighted by atomic mass is 35.5. The Morgan fingerprint density at radius 3 is 2.07 bits per heavy atom. The van der Waals surface area contributed by atoms with Gasteiger partial charge < -0.3 is 24.4 Å². The Hall–Kier alpha value is -2.44. The van der Waals surface area contributed by atoms with Crippen LogP contribution in [-0.2, 0) is 0 Å². The molecular formula is C23H31ClN2O4. The third-order valence-corrected chi connectivity index (χ3v) is 4.86. The van der Waals surface area contributed by atoms with E-state index in [1.54, 1.807) is 12.1 Å². The van der Waals surface area contributed by atoms with Gasteiger partial charge in [-0.05, 0) is 58.6 Å². The summed E-state index contributed by atoms with van der Waals surface area (Å²) in [5.41, 5.74) is 1.41. The van der Waals surface area contributed by atoms with Gasteiger partial charge >= 0.3 is 0 Å². The van der Waals surface area contributed by atoms with Crippen molar-refractivity contribution in [2.24, 2.45) is 0 Å². The van der Waals surface area contributed by atoms with Crippen LogP contribution in [0.15, 0.2) is 36.4 Å². The molecule has 0 radical (unpaired) electrons. The minimum Gasteiger partial charge on any atom is -0.490 e. The standard InChI is InChI=1S/C23H31ClN2O4/c1-6-28-20-13-16(14-21(29-7-2)22(20)30-8-3)23(27)25-15-19(26(4)5)17-11-9-10-12-18(17)24/h9-14,19H,6-8,15H2,1-5H3,(H,25,27). The molecule has 6 nitrogen and oxygen atoms in total. The Morgan fingerprint density at radius 2 is 1.57 bits per heavy atom. The Bertz CT molecular complexity index is 815. The molecular weight excluding hydrogens is 404 g/mol. The highest BCUT2D eigenvalue weighted by Crippen LogP contribution is 2.39. The first-order valence-corrected chi connectivity index (χ1v) is 10.6. The number of likely N-dealkylation sites (N-methyl/N-ethyl adjacent to an activating group) is 1. The van der Waals surface area contributed by atoms with Crippen molar-refractivity contribution in [3.05, 3.63) is 52.5 Å². The van der Waals surface area contributed by atoms with Crippen LogP contribution in [0.5, 0.6) is 17.2 Å². The average Bonchev–Trinajstić information content (AvgIpc) is 2.71. The van der Waals surface area contributed by atoms with E-state index in [1.807, 2.05) is 64.0 Å². The number of ether oxygens (including phenoxy) is 3. The summed E-state index contributed by atoms with van der Waals surface area (Å²) in [6.07, 6.45) is 0. The maximum atomic E-state index is 13.0. The number of rotatable bonds is 11. The Labute approximate surface area is 184 Å². The summed E-state index contributed by atoms with van der Waals surface area (Å²) >= 11 is 6.37. The largest absolute Gasteiger partial charge is 0.490 e. The van der Waals surface area contributed by atoms with E-state index in [4.69, 9.17) is 25.8 Å². The molecule has 1 amide bonds. The molecule has 1 unspecified atom stereocenters. The molecule has 0 saturated carbocycles. The molecule has 0 aliphatic heterocycles. The monoisotopic (exact) mass is 434 g/mol. The number of halogens is 1. The quantitative estimate of drug-likeness (QED) is 0.561. The molecule has 0 aliphatic rings. The van der Waals surface area contributed by atoms with Crippen molar-refractivity contribution in [2.45, 2.75) is 26.8 Å². The van der Waals surface area contributed by atoms with E-state index in [9.17, 15) is 4.79 Å². The van der Waals surface area contributed by atoms with Crippen molar-refractivity contribution in [2.75, 3.05) is 40.5 Å². The Kier molecular flexibility index (Phi) is 9.27. The molecule has 0 saturated heterocycles. The van der Waals surface area contributed by atoms with Crippen LogP contribution >= 0.6 is 11.6 Å². The summed E-state index contributed by atoms with van der Waals surface area (Å²) < 4.78 is 17.1. The molecule has 0 fully saturated rings. The van der Waals surface area contributed by atoms with Crippen LogP contribution in [0, 0.1) is 0 Å². The van der Waals surface area contributed by atoms with Gasteiger partial charge in [0.2, 0.25) is 5.75 Å². The number of nitrogens with one attached hydrogen (secondary N) is 1. The van der Waals surface area contributed by atoms with Crippen LogP contribution in [0.3, 0.4) is 0 Å². The number of nitrogens with zero attached hydrogens (tertiary/aromatic N) is 1. The second-order valence-corrected chi connectivity index (χ2v) is 7.22. The molecule has 2 aromatic rings. The molecule has 2 rings (SSSR count). The minimum atomic E-state index is -0.223. The lowest BCUT2D eigenvalue weighted by molar-refractivity contribution is 0.0940. The molecule has 1 N–H and O–H groups in total. The summed E-state index contributed by atoms with van der Waals surface area (Å²) in [6, 6.07) is 11.0. The van der Waals surface area contributed by atoms with Gasteiger partial charge in [0.05, 0.1) is 25.9 Å². The predicted molar refractivity (Wildman–Crippen MR) is 120 cm³/mol. The van der Waals surface area contributed by atoms with Crippen molar-refractivity contribution in [1.82, 2.24) is 10.2 Å². The fourth-order valence-corrected chi connectivity index (χ4v) is 3.39. The van der Waals surface area contributed by atoms with E-state index >= 15 is 0 Å². The van der Waals surface area contributed by atoms with Gasteiger partial charge in [-0.15, -0.1) is 0 Å². The molecule has 1 atom stereocenters. The van der Waals surface area contributed by atoms with Crippen LogP contribution < -0.4 is 19.5 Å². The molecule has 0 bridgehead atoms. The third-order valence-electron chi connectivity index (χ3n) is 4.51. The first-order valence-electron chi connectivity index (χ1n) is 10.2. The van der Waals surface area contributed by atoms with E-state index in [0.717, 1.165) is 5.56 Å². The van der Waals surface area contributed by atoms with Gasteiger partial charge in [-0.3, -0.25) is 4.79 Å². The molecule has 0 aliphatic carbocycles. The van der Waals surface area contributed by atoms with E-state index in [0.29, 0.717) is 54.2 Å². The van der Waals surface area contributed by atoms with Crippen LogP contribution in [0.25, 0.3) is 0 Å². The summed E-state index contributed by atoms with van der Waals surface area (Å²) in [5.74, 6) is 1.27. The topological polar surface area (TPSA) is 60.0 Å². The van der Waals surface area contributed by atoms with Crippen LogP contribution in [0.4, 0.5) is 0 Å². The minimum absolute atomic E-state index is 0.0666. The lowest BCUT2D eigenvalue weighted by Gasteiger charge is -2.26. The third kappa shape index (κ3) is 6.03. The fraction of sp³-hybridized carbons (Fsp3) is 0.435. The van der Waals surface area contributed by atoms with Gasteiger partial charge in [-0.25, -0.2) is 0 Å². The first kappa shape index (κ1) is 23.8. The van der Waals surface area contributed by atoms with Crippen LogP contribution in [0.2, 0.25) is 5.02 Å². The molecule has 0 aromatic heterocycles. The number of amides is 1. The van der Waals surface area contributed by atoms with Gasteiger partial charge in [0, 0.05) is 17.1 Å². The number of hydrogen-bond donors (Lipinski definition) is 1. The predicted octanol–water partition coefficient (Wildman–Crippen LogP) is 4.57. The first-order chi connectivity index (χ1) is 14.4. The zero-order valence-electron chi connectivity index (χ0n) is 18.3. The van der Waals surface area contributed by atoms with Gasteiger partial charge in [0.1, 0.15) is 0 Å². The van der Waals surface area contributed by atoms with Crippen LogP contribution in [-0.4, -0.2) is 51.3 Å². The molecule has 30 heavy (non-hydrogen) atoms. The highest BCUT2D eigenvalue weighted by molar-refractivity contribution is 6.31. The van der Waals surface area contributed by atoms with E-state index in [2.05, 4.69) is 5.32 Å². The summed E-state index contributed by atoms with van der Waals surface area (Å²) in [4.78, 5) is 15.0. The van der Waals surface area contributed by atoms with Crippen molar-refractivity contribution in [3.63, 3.8) is 0 Å². The van der Waals surface area contributed by atoms with Crippen molar-refractivity contribution < 1.29 is 19.0 Å². The lowest BCUT2D eigenvalue weighted by atomic mass is 10.1. The van der Waals surface area contributed by atoms with Crippen molar-refractivity contribution in [3.8, 4) is 17.2 Å². The smallest absolute Gasteiger partial charge is 0.251 e. The normalized spacial score (nSPS) is 11.8. The number of carbonyl (C=O) groups is 1. The summed E-state index contributed by atoms with van der Waals surface area (Å²) in [6.45, 7) is 7.42. The van der Waals surface area contributed by atoms with Crippen molar-refractivity contribution >= 4 is 17.5 Å². The summed E-state index contributed by atoms with van der Waals surface area (Å²) in [7, 11) is 3.91. The van der Waals surface area contributed by atoms with Crippen LogP contribution in [0.1, 0.15) is 42.7 Å². The van der Waals surface area contributed by atoms with E-state index < -0.39 is 0 Å². The zero-order valence-corrected chi connectivity index (χ0v) is 19.1. The van der Waals surface area contributed by atoms with Gasteiger partial charge in [0.25, 0.3) is 5.91 Å². The average molecular weight is 435 g/mol. The molecule has 0 spiro atoms. The van der Waals surface area contributed by atoms with Gasteiger partial charge in [0.15, 0.2) is 11.5 Å². The van der Waals surface area contributed by atoms with E-state index in [1.165, 1.54) is 0 Å². The maximum absolute atomic E-state index is 13.0. The molecule has 2 aromatic carbocycles. The van der Waals surface area contributed by atoms with E-state index in [-0.39, 0.29) is 11.9 Å².